The molecule has 0 bridgehead atoms. The summed E-state index contributed by atoms with van der Waals surface area (Å²) >= 11 is 0. The Morgan fingerprint density at radius 2 is 2.05 bits per heavy atom. The van der Waals surface area contributed by atoms with Gasteiger partial charge in [-0.2, -0.15) is 0 Å². The Kier molecular flexibility index (Phi) is 4.21. The summed E-state index contributed by atoms with van der Waals surface area (Å²) in [6, 6.07) is 1.54. The number of hydrogen-bond donors (Lipinski definition) is 2. The summed E-state index contributed by atoms with van der Waals surface area (Å²) < 4.78 is 13.1. The molecule has 0 aliphatic heterocycles. The Morgan fingerprint density at radius 3 is 2.58 bits per heavy atom. The molecule has 1 saturated carbocycles. The Balaban J connectivity index is 1.92. The van der Waals surface area contributed by atoms with Crippen LogP contribution >= 0.6 is 0 Å². The van der Waals surface area contributed by atoms with Crippen LogP contribution in [0.2, 0.25) is 0 Å². The number of pyridine rings is 1. The largest absolute Gasteiger partial charge is 0.392 e. The molecule has 0 spiro atoms. The van der Waals surface area contributed by atoms with Crippen LogP contribution in [0.15, 0.2) is 18.5 Å². The molecule has 1 aromatic heterocycles. The molecule has 19 heavy (non-hydrogen) atoms. The van der Waals surface area contributed by atoms with E-state index in [0.29, 0.717) is 0 Å². The summed E-state index contributed by atoms with van der Waals surface area (Å²) in [5.41, 5.74) is 0.859. The quantitative estimate of drug-likeness (QED) is 0.832. The lowest BCUT2D eigenvalue weighted by Gasteiger charge is -2.27. The number of rotatable bonds is 6. The summed E-state index contributed by atoms with van der Waals surface area (Å²) in [5, 5.41) is 13.6. The van der Waals surface area contributed by atoms with Gasteiger partial charge in [0, 0.05) is 24.2 Å². The van der Waals surface area contributed by atoms with Gasteiger partial charge in [0.25, 0.3) is 0 Å². The van der Waals surface area contributed by atoms with Crippen LogP contribution in [0.4, 0.5) is 4.39 Å². The van der Waals surface area contributed by atoms with E-state index in [2.05, 4.69) is 10.3 Å². The van der Waals surface area contributed by atoms with Crippen LogP contribution in [0.25, 0.3) is 0 Å². The third kappa shape index (κ3) is 3.31. The van der Waals surface area contributed by atoms with E-state index < -0.39 is 0 Å². The number of aromatic nitrogens is 1. The maximum absolute atomic E-state index is 13.1. The SMILES string of the molecule is CC(NCC1(C(O)C(C)C)CC1)c1cncc(F)c1. The van der Waals surface area contributed by atoms with E-state index in [1.54, 1.807) is 6.20 Å². The molecule has 1 fully saturated rings. The van der Waals surface area contributed by atoms with Gasteiger partial charge in [0.05, 0.1) is 12.3 Å². The van der Waals surface area contributed by atoms with Crippen molar-refractivity contribution in [2.75, 3.05) is 6.54 Å². The Morgan fingerprint density at radius 1 is 1.37 bits per heavy atom. The standard InChI is InChI=1S/C15H23FN2O/c1-10(2)14(19)15(4-5-15)9-18-11(3)12-6-13(16)8-17-7-12/h6-8,10-11,14,18-19H,4-5,9H2,1-3H3. The van der Waals surface area contributed by atoms with Gasteiger partial charge in [0.2, 0.25) is 0 Å². The second kappa shape index (κ2) is 5.55. The predicted molar refractivity (Wildman–Crippen MR) is 73.1 cm³/mol. The number of halogens is 1. The molecule has 0 amide bonds. The van der Waals surface area contributed by atoms with Crippen molar-refractivity contribution in [3.8, 4) is 0 Å². The molecule has 1 aliphatic carbocycles. The molecule has 0 saturated heterocycles. The van der Waals surface area contributed by atoms with Gasteiger partial charge < -0.3 is 10.4 Å². The Hall–Kier alpha value is -1.00. The van der Waals surface area contributed by atoms with Gasteiger partial charge in [0.15, 0.2) is 0 Å². The molecule has 2 rings (SSSR count). The zero-order chi connectivity index (χ0) is 14.0. The van der Waals surface area contributed by atoms with Gasteiger partial charge in [-0.25, -0.2) is 4.39 Å². The van der Waals surface area contributed by atoms with Gasteiger partial charge in [-0.05, 0) is 37.3 Å². The van der Waals surface area contributed by atoms with Crippen molar-refractivity contribution in [2.24, 2.45) is 11.3 Å². The number of aliphatic hydroxyl groups excluding tert-OH is 1. The lowest BCUT2D eigenvalue weighted by Crippen LogP contribution is -2.37. The fourth-order valence-electron chi connectivity index (χ4n) is 2.58. The second-order valence-corrected chi connectivity index (χ2v) is 6.09. The first-order valence-electron chi connectivity index (χ1n) is 6.96. The molecule has 106 valence electrons. The van der Waals surface area contributed by atoms with E-state index in [-0.39, 0.29) is 29.3 Å². The number of nitrogens with one attached hydrogen (secondary N) is 1. The lowest BCUT2D eigenvalue weighted by atomic mass is 9.90. The molecule has 2 unspecified atom stereocenters. The van der Waals surface area contributed by atoms with Crippen molar-refractivity contribution in [3.63, 3.8) is 0 Å². The topological polar surface area (TPSA) is 45.1 Å². The molecule has 0 radical (unpaired) electrons. The average molecular weight is 266 g/mol. The Bertz CT molecular complexity index is 432. The molecule has 2 N–H and O–H groups in total. The molecule has 4 heteroatoms. The first-order valence-corrected chi connectivity index (χ1v) is 6.96. The zero-order valence-electron chi connectivity index (χ0n) is 11.9. The van der Waals surface area contributed by atoms with Gasteiger partial charge >= 0.3 is 0 Å². The molecule has 2 atom stereocenters. The highest BCUT2D eigenvalue weighted by atomic mass is 19.1. The highest BCUT2D eigenvalue weighted by Gasteiger charge is 2.49. The summed E-state index contributed by atoms with van der Waals surface area (Å²) in [5.74, 6) is -0.0371. The molecule has 1 aromatic rings. The predicted octanol–water partition coefficient (Wildman–Crippen LogP) is 2.67. The van der Waals surface area contributed by atoms with Gasteiger partial charge in [-0.3, -0.25) is 4.98 Å². The fourth-order valence-corrected chi connectivity index (χ4v) is 2.58. The lowest BCUT2D eigenvalue weighted by molar-refractivity contribution is 0.0491. The monoisotopic (exact) mass is 266 g/mol. The van der Waals surface area contributed by atoms with E-state index in [1.165, 1.54) is 12.3 Å². The molecule has 3 nitrogen and oxygen atoms in total. The van der Waals surface area contributed by atoms with E-state index in [4.69, 9.17) is 0 Å². The van der Waals surface area contributed by atoms with Crippen molar-refractivity contribution in [2.45, 2.75) is 45.8 Å². The minimum atomic E-state index is -0.311. The van der Waals surface area contributed by atoms with Crippen LogP contribution in [0.3, 0.4) is 0 Å². The van der Waals surface area contributed by atoms with E-state index in [9.17, 15) is 9.50 Å². The van der Waals surface area contributed by atoms with E-state index >= 15 is 0 Å². The minimum absolute atomic E-state index is 0.0170. The molecular weight excluding hydrogens is 243 g/mol. The first kappa shape index (κ1) is 14.4. The summed E-state index contributed by atoms with van der Waals surface area (Å²) in [6.07, 6.45) is 4.75. The molecular formula is C15H23FN2O. The third-order valence-corrected chi connectivity index (χ3v) is 4.14. The molecule has 0 aromatic carbocycles. The first-order chi connectivity index (χ1) is 8.94. The van der Waals surface area contributed by atoms with E-state index in [0.717, 1.165) is 24.9 Å². The van der Waals surface area contributed by atoms with Gasteiger partial charge in [-0.15, -0.1) is 0 Å². The average Bonchev–Trinajstić information content (AvgIpc) is 3.16. The highest BCUT2D eigenvalue weighted by Crippen LogP contribution is 2.50. The van der Waals surface area contributed by atoms with Gasteiger partial charge in [-0.1, -0.05) is 13.8 Å². The molecule has 1 heterocycles. The Labute approximate surface area is 114 Å². The van der Waals surface area contributed by atoms with Gasteiger partial charge in [0.1, 0.15) is 5.82 Å². The maximum atomic E-state index is 13.1. The van der Waals surface area contributed by atoms with Crippen molar-refractivity contribution in [1.29, 1.82) is 0 Å². The number of hydrogen-bond acceptors (Lipinski definition) is 3. The number of aliphatic hydroxyl groups is 1. The normalized spacial score (nSPS) is 20.3. The van der Waals surface area contributed by atoms with E-state index in [1.807, 2.05) is 20.8 Å². The smallest absolute Gasteiger partial charge is 0.141 e. The number of nitrogens with zero attached hydrogens (tertiary/aromatic N) is 1. The van der Waals surface area contributed by atoms with Crippen LogP contribution < -0.4 is 5.32 Å². The third-order valence-electron chi connectivity index (χ3n) is 4.14. The minimum Gasteiger partial charge on any atom is -0.392 e. The van der Waals surface area contributed by atoms with Crippen LogP contribution in [-0.2, 0) is 0 Å². The van der Waals surface area contributed by atoms with Crippen LogP contribution in [0.5, 0.6) is 0 Å². The zero-order valence-corrected chi connectivity index (χ0v) is 11.9. The van der Waals surface area contributed by atoms with Crippen molar-refractivity contribution in [1.82, 2.24) is 10.3 Å². The van der Waals surface area contributed by atoms with Crippen LogP contribution in [-0.4, -0.2) is 22.7 Å². The van der Waals surface area contributed by atoms with Crippen molar-refractivity contribution < 1.29 is 9.50 Å². The summed E-state index contributed by atoms with van der Waals surface area (Å²) in [4.78, 5) is 3.86. The van der Waals surface area contributed by atoms with Crippen molar-refractivity contribution in [3.05, 3.63) is 29.8 Å². The summed E-state index contributed by atoms with van der Waals surface area (Å²) in [7, 11) is 0. The molecule has 1 aliphatic rings. The fraction of sp³-hybridized carbons (Fsp3) is 0.667. The highest BCUT2D eigenvalue weighted by molar-refractivity contribution is 5.14. The maximum Gasteiger partial charge on any atom is 0.141 e. The van der Waals surface area contributed by atoms with Crippen LogP contribution in [0, 0.1) is 17.2 Å². The van der Waals surface area contributed by atoms with Crippen molar-refractivity contribution >= 4 is 0 Å². The van der Waals surface area contributed by atoms with Crippen LogP contribution in [0.1, 0.15) is 45.2 Å². The summed E-state index contributed by atoms with van der Waals surface area (Å²) in [6.45, 7) is 6.85. The second-order valence-electron chi connectivity index (χ2n) is 6.09.